The summed E-state index contributed by atoms with van der Waals surface area (Å²) < 4.78 is 0. The lowest BCUT2D eigenvalue weighted by Gasteiger charge is -2.10. The van der Waals surface area contributed by atoms with Crippen molar-refractivity contribution < 1.29 is 9.90 Å². The number of aliphatic hydroxyl groups is 1. The molecule has 0 unspecified atom stereocenters. The summed E-state index contributed by atoms with van der Waals surface area (Å²) in [7, 11) is 0. The second-order valence-corrected chi connectivity index (χ2v) is 5.62. The lowest BCUT2D eigenvalue weighted by atomic mass is 10.0. The smallest absolute Gasteiger partial charge is 0.251 e. The van der Waals surface area contributed by atoms with Gasteiger partial charge in [0.15, 0.2) is 0 Å². The number of hydrogen-bond acceptors (Lipinski definition) is 2. The highest BCUT2D eigenvalue weighted by Crippen LogP contribution is 2.18. The predicted molar refractivity (Wildman–Crippen MR) is 91.4 cm³/mol. The summed E-state index contributed by atoms with van der Waals surface area (Å²) in [5.74, 6) is -0.141. The average molecular weight is 308 g/mol. The third kappa shape index (κ3) is 3.12. The Balaban J connectivity index is 1.67. The van der Waals surface area contributed by atoms with E-state index in [9.17, 15) is 9.90 Å². The lowest BCUT2D eigenvalue weighted by molar-refractivity contribution is 0.0951. The number of carbonyl (C=O) groups is 1. The number of amides is 1. The second-order valence-electron chi connectivity index (χ2n) is 5.62. The van der Waals surface area contributed by atoms with E-state index in [-0.39, 0.29) is 12.5 Å². The van der Waals surface area contributed by atoms with Crippen LogP contribution in [0.15, 0.2) is 48.7 Å². The van der Waals surface area contributed by atoms with E-state index in [1.54, 1.807) is 6.07 Å². The molecule has 0 bridgehead atoms. The van der Waals surface area contributed by atoms with Crippen molar-refractivity contribution in [3.05, 3.63) is 70.9 Å². The molecule has 0 saturated carbocycles. The van der Waals surface area contributed by atoms with Gasteiger partial charge in [-0.3, -0.25) is 4.79 Å². The van der Waals surface area contributed by atoms with Gasteiger partial charge in [0, 0.05) is 29.2 Å². The third-order valence-corrected chi connectivity index (χ3v) is 4.17. The molecule has 3 aromatic rings. The second kappa shape index (κ2) is 6.67. The summed E-state index contributed by atoms with van der Waals surface area (Å²) >= 11 is 0. The van der Waals surface area contributed by atoms with E-state index in [4.69, 9.17) is 0 Å². The van der Waals surface area contributed by atoms with Gasteiger partial charge in [0.1, 0.15) is 0 Å². The van der Waals surface area contributed by atoms with Crippen LogP contribution in [0.1, 0.15) is 27.0 Å². The van der Waals surface area contributed by atoms with Crippen molar-refractivity contribution in [1.29, 1.82) is 0 Å². The molecular weight excluding hydrogens is 288 g/mol. The van der Waals surface area contributed by atoms with Crippen LogP contribution in [0.25, 0.3) is 10.9 Å². The summed E-state index contributed by atoms with van der Waals surface area (Å²) in [6.45, 7) is 2.33. The molecule has 2 aromatic carbocycles. The van der Waals surface area contributed by atoms with Gasteiger partial charge in [-0.1, -0.05) is 30.3 Å². The Bertz CT molecular complexity index is 836. The van der Waals surface area contributed by atoms with Crippen LogP contribution in [0.3, 0.4) is 0 Å². The molecule has 0 spiro atoms. The quantitative estimate of drug-likeness (QED) is 0.678. The van der Waals surface area contributed by atoms with Gasteiger partial charge in [0.2, 0.25) is 0 Å². The number of fused-ring (bicyclic) bond motifs is 1. The topological polar surface area (TPSA) is 65.1 Å². The molecule has 0 saturated heterocycles. The number of hydrogen-bond donors (Lipinski definition) is 3. The molecule has 0 radical (unpaired) electrons. The summed E-state index contributed by atoms with van der Waals surface area (Å²) in [4.78, 5) is 15.6. The van der Waals surface area contributed by atoms with E-state index >= 15 is 0 Å². The number of aromatic nitrogens is 1. The molecule has 0 aliphatic carbocycles. The largest absolute Gasteiger partial charge is 0.392 e. The number of aliphatic hydroxyl groups excluding tert-OH is 1. The molecule has 1 heterocycles. The van der Waals surface area contributed by atoms with Gasteiger partial charge >= 0.3 is 0 Å². The number of carbonyl (C=O) groups excluding carboxylic acids is 1. The molecule has 23 heavy (non-hydrogen) atoms. The Labute approximate surface area is 135 Å². The van der Waals surface area contributed by atoms with Crippen LogP contribution in [-0.4, -0.2) is 22.5 Å². The minimum Gasteiger partial charge on any atom is -0.392 e. The molecule has 0 aliphatic rings. The number of benzene rings is 2. The molecule has 0 fully saturated rings. The maximum Gasteiger partial charge on any atom is 0.251 e. The monoisotopic (exact) mass is 308 g/mol. The normalized spacial score (nSPS) is 10.9. The zero-order chi connectivity index (χ0) is 16.2. The third-order valence-electron chi connectivity index (χ3n) is 4.17. The van der Waals surface area contributed by atoms with Crippen molar-refractivity contribution in [3.63, 3.8) is 0 Å². The SMILES string of the molecule is Cc1cccc(C(=O)NCCc2c[nH]c3ccccc23)c1CO. The fourth-order valence-corrected chi connectivity index (χ4v) is 2.87. The molecular formula is C19H20N2O2. The van der Waals surface area contributed by atoms with Crippen molar-refractivity contribution in [3.8, 4) is 0 Å². The average Bonchev–Trinajstić information content (AvgIpc) is 2.98. The van der Waals surface area contributed by atoms with Crippen LogP contribution in [0.4, 0.5) is 0 Å². The maximum atomic E-state index is 12.3. The number of rotatable bonds is 5. The van der Waals surface area contributed by atoms with Crippen LogP contribution < -0.4 is 5.32 Å². The Morgan fingerprint density at radius 2 is 2.00 bits per heavy atom. The van der Waals surface area contributed by atoms with Gasteiger partial charge in [-0.2, -0.15) is 0 Å². The first-order valence-corrected chi connectivity index (χ1v) is 7.73. The van der Waals surface area contributed by atoms with Crippen molar-refractivity contribution in [2.45, 2.75) is 20.0 Å². The number of para-hydroxylation sites is 1. The number of H-pyrrole nitrogens is 1. The minimum absolute atomic E-state index is 0.127. The van der Waals surface area contributed by atoms with Gasteiger partial charge in [-0.25, -0.2) is 0 Å². The van der Waals surface area contributed by atoms with Gasteiger partial charge in [-0.05, 0) is 42.2 Å². The summed E-state index contributed by atoms with van der Waals surface area (Å²) in [6.07, 6.45) is 2.75. The highest BCUT2D eigenvalue weighted by molar-refractivity contribution is 5.96. The van der Waals surface area contributed by atoms with E-state index in [1.165, 1.54) is 10.9 Å². The summed E-state index contributed by atoms with van der Waals surface area (Å²) in [5.41, 5.74) is 4.46. The molecule has 0 atom stereocenters. The molecule has 1 amide bonds. The highest BCUT2D eigenvalue weighted by Gasteiger charge is 2.12. The first-order valence-electron chi connectivity index (χ1n) is 7.73. The maximum absolute atomic E-state index is 12.3. The van der Waals surface area contributed by atoms with Crippen LogP contribution >= 0.6 is 0 Å². The zero-order valence-corrected chi connectivity index (χ0v) is 13.1. The van der Waals surface area contributed by atoms with Crippen LogP contribution in [0.2, 0.25) is 0 Å². The molecule has 3 rings (SSSR count). The zero-order valence-electron chi connectivity index (χ0n) is 13.1. The van der Waals surface area contributed by atoms with Crippen molar-refractivity contribution >= 4 is 16.8 Å². The lowest BCUT2D eigenvalue weighted by Crippen LogP contribution is -2.27. The van der Waals surface area contributed by atoms with E-state index in [1.807, 2.05) is 43.5 Å². The van der Waals surface area contributed by atoms with E-state index in [0.717, 1.165) is 17.5 Å². The Hall–Kier alpha value is -2.59. The number of nitrogens with one attached hydrogen (secondary N) is 2. The van der Waals surface area contributed by atoms with Crippen molar-refractivity contribution in [2.75, 3.05) is 6.54 Å². The number of aromatic amines is 1. The van der Waals surface area contributed by atoms with Crippen LogP contribution in [0, 0.1) is 6.92 Å². The van der Waals surface area contributed by atoms with Crippen molar-refractivity contribution in [1.82, 2.24) is 10.3 Å². The number of aryl methyl sites for hydroxylation is 1. The molecule has 3 N–H and O–H groups in total. The Morgan fingerprint density at radius 3 is 2.83 bits per heavy atom. The van der Waals surface area contributed by atoms with Gasteiger partial charge in [0.25, 0.3) is 5.91 Å². The molecule has 4 nitrogen and oxygen atoms in total. The summed E-state index contributed by atoms with van der Waals surface area (Å²) in [6, 6.07) is 13.6. The standard InChI is InChI=1S/C19H20N2O2/c1-13-5-4-7-16(17(13)12-22)19(23)20-10-9-14-11-21-18-8-3-2-6-15(14)18/h2-8,11,21-22H,9-10,12H2,1H3,(H,20,23). The Morgan fingerprint density at radius 1 is 1.17 bits per heavy atom. The molecule has 0 aliphatic heterocycles. The molecule has 1 aromatic heterocycles. The van der Waals surface area contributed by atoms with Gasteiger partial charge in [-0.15, -0.1) is 0 Å². The fraction of sp³-hybridized carbons (Fsp3) is 0.211. The van der Waals surface area contributed by atoms with Gasteiger partial charge in [0.05, 0.1) is 6.61 Å². The fourth-order valence-electron chi connectivity index (χ4n) is 2.87. The first-order chi connectivity index (χ1) is 11.2. The summed E-state index contributed by atoms with van der Waals surface area (Å²) in [5, 5.41) is 13.6. The first kappa shape index (κ1) is 15.3. The predicted octanol–water partition coefficient (Wildman–Crippen LogP) is 2.94. The van der Waals surface area contributed by atoms with Gasteiger partial charge < -0.3 is 15.4 Å². The Kier molecular flexibility index (Phi) is 4.44. The minimum atomic E-state index is -0.141. The van der Waals surface area contributed by atoms with Crippen molar-refractivity contribution in [2.24, 2.45) is 0 Å². The molecule has 118 valence electrons. The van der Waals surface area contributed by atoms with Crippen LogP contribution in [0.5, 0.6) is 0 Å². The highest BCUT2D eigenvalue weighted by atomic mass is 16.3. The van der Waals surface area contributed by atoms with E-state index < -0.39 is 0 Å². The van der Waals surface area contributed by atoms with E-state index in [2.05, 4.69) is 16.4 Å². The van der Waals surface area contributed by atoms with Crippen LogP contribution in [-0.2, 0) is 13.0 Å². The molecule has 4 heteroatoms. The van der Waals surface area contributed by atoms with E-state index in [0.29, 0.717) is 17.7 Å².